The van der Waals surface area contributed by atoms with Crippen LogP contribution in [0.15, 0.2) is 48.0 Å². The van der Waals surface area contributed by atoms with Crippen molar-refractivity contribution in [1.29, 1.82) is 0 Å². The first-order valence-corrected chi connectivity index (χ1v) is 7.32. The van der Waals surface area contributed by atoms with Crippen LogP contribution in [-0.4, -0.2) is 12.4 Å². The van der Waals surface area contributed by atoms with Crippen molar-refractivity contribution in [2.24, 2.45) is 0 Å². The summed E-state index contributed by atoms with van der Waals surface area (Å²) in [5.41, 5.74) is 3.38. The summed E-state index contributed by atoms with van der Waals surface area (Å²) in [5, 5.41) is 0.660. The van der Waals surface area contributed by atoms with Crippen LogP contribution in [0.5, 0.6) is 5.75 Å². The molecule has 0 saturated carbocycles. The van der Waals surface area contributed by atoms with Crippen LogP contribution in [0, 0.1) is 0 Å². The highest BCUT2D eigenvalue weighted by Gasteiger charge is 2.26. The minimum Gasteiger partial charge on any atom is -0.494 e. The summed E-state index contributed by atoms with van der Waals surface area (Å²) in [6.45, 7) is 2.57. The summed E-state index contributed by atoms with van der Waals surface area (Å²) < 4.78 is 5.48. The molecular weight excluding hydrogens is 284 g/mol. The molecule has 0 atom stereocenters. The lowest BCUT2D eigenvalue weighted by Gasteiger charge is -2.04. The van der Waals surface area contributed by atoms with Crippen LogP contribution >= 0.6 is 11.6 Å². The molecule has 106 valence electrons. The average Bonchev–Trinajstić information content (AvgIpc) is 2.79. The van der Waals surface area contributed by atoms with Crippen molar-refractivity contribution >= 4 is 23.5 Å². The molecule has 21 heavy (non-hydrogen) atoms. The lowest BCUT2D eigenvalue weighted by molar-refractivity contribution is 0.104. The van der Waals surface area contributed by atoms with E-state index in [-0.39, 0.29) is 5.78 Å². The monoisotopic (exact) mass is 298 g/mol. The number of carbonyl (C=O) groups excluding carboxylic acids is 1. The molecule has 0 saturated heterocycles. The fourth-order valence-electron chi connectivity index (χ4n) is 2.57. The number of benzene rings is 2. The Labute approximate surface area is 129 Å². The van der Waals surface area contributed by atoms with Gasteiger partial charge >= 0.3 is 0 Å². The van der Waals surface area contributed by atoms with Crippen LogP contribution in [0.2, 0.25) is 5.02 Å². The van der Waals surface area contributed by atoms with E-state index in [0.29, 0.717) is 18.1 Å². The minimum absolute atomic E-state index is 0.0642. The topological polar surface area (TPSA) is 26.3 Å². The number of rotatable bonds is 3. The van der Waals surface area contributed by atoms with E-state index in [2.05, 4.69) is 0 Å². The van der Waals surface area contributed by atoms with Gasteiger partial charge in [-0.3, -0.25) is 4.79 Å². The van der Waals surface area contributed by atoms with E-state index in [1.807, 2.05) is 55.5 Å². The third kappa shape index (κ3) is 2.72. The Morgan fingerprint density at radius 2 is 2.05 bits per heavy atom. The van der Waals surface area contributed by atoms with Crippen LogP contribution in [0.25, 0.3) is 6.08 Å². The SMILES string of the molecule is CCOc1cccc(C=C2Cc3c(Cl)cccc3C2=O)c1. The first-order valence-electron chi connectivity index (χ1n) is 6.94. The van der Waals surface area contributed by atoms with Crippen LogP contribution in [0.3, 0.4) is 0 Å². The van der Waals surface area contributed by atoms with Crippen LogP contribution in [0.4, 0.5) is 0 Å². The summed E-state index contributed by atoms with van der Waals surface area (Å²) in [5.74, 6) is 0.877. The molecule has 1 aliphatic rings. The number of fused-ring (bicyclic) bond motifs is 1. The van der Waals surface area contributed by atoms with Gasteiger partial charge in [-0.1, -0.05) is 35.9 Å². The molecular formula is C18H15ClO2. The second-order valence-electron chi connectivity index (χ2n) is 4.95. The lowest BCUT2D eigenvalue weighted by atomic mass is 10.1. The molecule has 3 heteroatoms. The number of ether oxygens (including phenoxy) is 1. The van der Waals surface area contributed by atoms with Gasteiger partial charge in [0.1, 0.15) is 5.75 Å². The zero-order chi connectivity index (χ0) is 14.8. The number of ketones is 1. The predicted molar refractivity (Wildman–Crippen MR) is 85.1 cm³/mol. The molecule has 0 spiro atoms. The molecule has 0 aromatic heterocycles. The number of carbonyl (C=O) groups is 1. The van der Waals surface area contributed by atoms with Gasteiger partial charge in [-0.25, -0.2) is 0 Å². The molecule has 2 nitrogen and oxygen atoms in total. The second kappa shape index (κ2) is 5.74. The van der Waals surface area contributed by atoms with E-state index in [0.717, 1.165) is 28.0 Å². The zero-order valence-corrected chi connectivity index (χ0v) is 12.5. The van der Waals surface area contributed by atoms with Crippen molar-refractivity contribution < 1.29 is 9.53 Å². The summed E-state index contributed by atoms with van der Waals surface area (Å²) >= 11 is 6.17. The van der Waals surface area contributed by atoms with E-state index < -0.39 is 0 Å². The average molecular weight is 299 g/mol. The van der Waals surface area contributed by atoms with Crippen molar-refractivity contribution in [3.63, 3.8) is 0 Å². The van der Waals surface area contributed by atoms with Gasteiger partial charge in [0, 0.05) is 22.6 Å². The number of halogens is 1. The largest absolute Gasteiger partial charge is 0.494 e. The Balaban J connectivity index is 1.94. The first kappa shape index (κ1) is 13.9. The van der Waals surface area contributed by atoms with Gasteiger partial charge in [-0.2, -0.15) is 0 Å². The van der Waals surface area contributed by atoms with Gasteiger partial charge in [0.25, 0.3) is 0 Å². The highest BCUT2D eigenvalue weighted by molar-refractivity contribution is 6.33. The maximum absolute atomic E-state index is 12.4. The van der Waals surface area contributed by atoms with E-state index in [1.54, 1.807) is 0 Å². The standard InChI is InChI=1S/C18H15ClO2/c1-2-21-14-6-3-5-12(10-14)9-13-11-16-15(18(13)20)7-4-8-17(16)19/h3-10H,2,11H2,1H3. The highest BCUT2D eigenvalue weighted by Crippen LogP contribution is 2.32. The highest BCUT2D eigenvalue weighted by atomic mass is 35.5. The number of hydrogen-bond acceptors (Lipinski definition) is 2. The lowest BCUT2D eigenvalue weighted by Crippen LogP contribution is -1.95. The smallest absolute Gasteiger partial charge is 0.189 e. The van der Waals surface area contributed by atoms with Gasteiger partial charge in [-0.05, 0) is 42.3 Å². The summed E-state index contributed by atoms with van der Waals surface area (Å²) in [6, 6.07) is 13.2. The molecule has 0 N–H and O–H groups in total. The van der Waals surface area contributed by atoms with E-state index >= 15 is 0 Å². The van der Waals surface area contributed by atoms with Crippen LogP contribution in [-0.2, 0) is 6.42 Å². The van der Waals surface area contributed by atoms with Gasteiger partial charge in [0.05, 0.1) is 6.61 Å². The molecule has 0 amide bonds. The Kier molecular flexibility index (Phi) is 3.80. The van der Waals surface area contributed by atoms with Crippen LogP contribution < -0.4 is 4.74 Å². The maximum atomic E-state index is 12.4. The predicted octanol–water partition coefficient (Wildman–Crippen LogP) is 4.56. The van der Waals surface area contributed by atoms with Gasteiger partial charge in [0.2, 0.25) is 0 Å². The Morgan fingerprint density at radius 1 is 1.24 bits per heavy atom. The summed E-state index contributed by atoms with van der Waals surface area (Å²) in [7, 11) is 0. The number of allylic oxidation sites excluding steroid dienone is 1. The molecule has 1 aliphatic carbocycles. The molecule has 2 aromatic carbocycles. The third-order valence-corrected chi connectivity index (χ3v) is 3.89. The molecule has 0 unspecified atom stereocenters. The van der Waals surface area contributed by atoms with Gasteiger partial charge < -0.3 is 4.74 Å². The fraction of sp³-hybridized carbons (Fsp3) is 0.167. The molecule has 0 heterocycles. The zero-order valence-electron chi connectivity index (χ0n) is 11.7. The van der Waals surface area contributed by atoms with E-state index in [1.165, 1.54) is 0 Å². The van der Waals surface area contributed by atoms with Crippen molar-refractivity contribution in [2.75, 3.05) is 6.61 Å². The quantitative estimate of drug-likeness (QED) is 0.776. The van der Waals surface area contributed by atoms with Gasteiger partial charge in [-0.15, -0.1) is 0 Å². The summed E-state index contributed by atoms with van der Waals surface area (Å²) in [4.78, 5) is 12.4. The Morgan fingerprint density at radius 3 is 2.81 bits per heavy atom. The van der Waals surface area contributed by atoms with Crippen molar-refractivity contribution in [2.45, 2.75) is 13.3 Å². The van der Waals surface area contributed by atoms with Crippen molar-refractivity contribution in [3.8, 4) is 5.75 Å². The molecule has 0 aliphatic heterocycles. The minimum atomic E-state index is 0.0642. The van der Waals surface area contributed by atoms with E-state index in [9.17, 15) is 4.79 Å². The molecule has 0 bridgehead atoms. The number of hydrogen-bond donors (Lipinski definition) is 0. The summed E-state index contributed by atoms with van der Waals surface area (Å²) in [6.07, 6.45) is 2.51. The normalized spacial score (nSPS) is 15.3. The Hall–Kier alpha value is -2.06. The van der Waals surface area contributed by atoms with Crippen molar-refractivity contribution in [1.82, 2.24) is 0 Å². The Bertz CT molecular complexity index is 732. The third-order valence-electron chi connectivity index (χ3n) is 3.53. The van der Waals surface area contributed by atoms with E-state index in [4.69, 9.17) is 16.3 Å². The maximum Gasteiger partial charge on any atom is 0.189 e. The van der Waals surface area contributed by atoms with Crippen molar-refractivity contribution in [3.05, 3.63) is 69.8 Å². The fourth-order valence-corrected chi connectivity index (χ4v) is 2.81. The van der Waals surface area contributed by atoms with Crippen LogP contribution in [0.1, 0.15) is 28.4 Å². The molecule has 3 rings (SSSR count). The molecule has 2 aromatic rings. The molecule has 0 fully saturated rings. The first-order chi connectivity index (χ1) is 10.2. The molecule has 0 radical (unpaired) electrons. The second-order valence-corrected chi connectivity index (χ2v) is 5.35. The van der Waals surface area contributed by atoms with Gasteiger partial charge in [0.15, 0.2) is 5.78 Å². The number of Topliss-reactive ketones (excluding diaryl/α,β-unsaturated/α-hetero) is 1.